The molecule has 3 heterocycles. The molecule has 2 unspecified atom stereocenters. The number of ether oxygens (including phenoxy) is 1. The molecule has 168 valence electrons. The van der Waals surface area contributed by atoms with E-state index in [2.05, 4.69) is 32.8 Å². The van der Waals surface area contributed by atoms with Crippen molar-refractivity contribution in [3.05, 3.63) is 53.0 Å². The van der Waals surface area contributed by atoms with Gasteiger partial charge in [0.15, 0.2) is 12.2 Å². The number of hydrogen-bond donors (Lipinski definition) is 1. The zero-order valence-electron chi connectivity index (χ0n) is 18.5. The van der Waals surface area contributed by atoms with Gasteiger partial charge in [0.1, 0.15) is 6.20 Å². The zero-order chi connectivity index (χ0) is 22.1. The first-order chi connectivity index (χ1) is 15.7. The van der Waals surface area contributed by atoms with E-state index in [0.29, 0.717) is 22.5 Å². The van der Waals surface area contributed by atoms with Crippen LogP contribution in [0.2, 0.25) is 0 Å². The standard InChI is InChI=1S/C25H29N3O3S/c1-2-31-25(30)23-18-11-6-7-12-20(18)32-24(23)26-21(29)16-27-15-19(17-9-4-3-5-10-17)28-14-8-13-22(27)28/h3-5,9-10,15,18,20H,2,6-8,11-14,16H2,1H3/p+1. The van der Waals surface area contributed by atoms with Crippen LogP contribution >= 0.6 is 11.8 Å². The summed E-state index contributed by atoms with van der Waals surface area (Å²) in [6.07, 6.45) is 8.53. The normalized spacial score (nSPS) is 21.9. The minimum absolute atomic E-state index is 0.0853. The molecule has 1 N–H and O–H groups in total. The zero-order valence-corrected chi connectivity index (χ0v) is 19.3. The second kappa shape index (κ2) is 9.14. The highest BCUT2D eigenvalue weighted by molar-refractivity contribution is 8.04. The van der Waals surface area contributed by atoms with E-state index in [-0.39, 0.29) is 24.3 Å². The summed E-state index contributed by atoms with van der Waals surface area (Å²) in [7, 11) is 0. The Morgan fingerprint density at radius 3 is 2.81 bits per heavy atom. The van der Waals surface area contributed by atoms with Crippen molar-refractivity contribution in [1.82, 2.24) is 9.88 Å². The first-order valence-corrected chi connectivity index (χ1v) is 12.6. The SMILES string of the molecule is CCOC(=O)C1=C(NC(=O)C[n+]2cc(-c3ccccc3)n3c2CCC3)SC2CCCCC12. The molecular weight excluding hydrogens is 422 g/mol. The van der Waals surface area contributed by atoms with Crippen LogP contribution < -0.4 is 9.88 Å². The molecule has 0 bridgehead atoms. The highest BCUT2D eigenvalue weighted by Crippen LogP contribution is 2.48. The maximum atomic E-state index is 13.1. The first kappa shape index (κ1) is 21.3. The third-order valence-corrected chi connectivity index (χ3v) is 8.14. The quantitative estimate of drug-likeness (QED) is 0.538. The van der Waals surface area contributed by atoms with Crippen molar-refractivity contribution in [3.8, 4) is 11.3 Å². The Balaban J connectivity index is 1.37. The molecule has 2 aromatic rings. The number of thioether (sulfide) groups is 1. The lowest BCUT2D eigenvalue weighted by atomic mass is 9.84. The molecule has 2 aliphatic heterocycles. The van der Waals surface area contributed by atoms with Crippen molar-refractivity contribution in [3.63, 3.8) is 0 Å². The summed E-state index contributed by atoms with van der Waals surface area (Å²) in [6, 6.07) is 10.3. The van der Waals surface area contributed by atoms with Crippen LogP contribution in [0.15, 0.2) is 47.1 Å². The Labute approximate surface area is 193 Å². The number of fused-ring (bicyclic) bond motifs is 2. The molecule has 32 heavy (non-hydrogen) atoms. The molecule has 7 heteroatoms. The lowest BCUT2D eigenvalue weighted by Gasteiger charge is -2.25. The van der Waals surface area contributed by atoms with Crippen molar-refractivity contribution in [2.75, 3.05) is 6.61 Å². The Bertz CT molecular complexity index is 1060. The van der Waals surface area contributed by atoms with Gasteiger partial charge < -0.3 is 10.1 Å². The topological polar surface area (TPSA) is 64.2 Å². The highest BCUT2D eigenvalue weighted by Gasteiger charge is 2.42. The Hall–Kier alpha value is -2.54. The van der Waals surface area contributed by atoms with Gasteiger partial charge in [-0.2, -0.15) is 0 Å². The van der Waals surface area contributed by atoms with E-state index in [1.807, 2.05) is 25.1 Å². The number of rotatable bonds is 6. The van der Waals surface area contributed by atoms with Gasteiger partial charge in [-0.15, -0.1) is 11.8 Å². The minimum Gasteiger partial charge on any atom is -0.463 e. The van der Waals surface area contributed by atoms with Crippen LogP contribution in [0.4, 0.5) is 0 Å². The molecule has 1 aromatic carbocycles. The maximum Gasteiger partial charge on any atom is 0.336 e. The molecule has 3 aliphatic rings. The van der Waals surface area contributed by atoms with Gasteiger partial charge in [-0.1, -0.05) is 43.2 Å². The van der Waals surface area contributed by atoms with Crippen molar-refractivity contribution in [1.29, 1.82) is 0 Å². The second-order valence-corrected chi connectivity index (χ2v) is 9.99. The van der Waals surface area contributed by atoms with Crippen LogP contribution in [-0.4, -0.2) is 28.3 Å². The van der Waals surface area contributed by atoms with Crippen molar-refractivity contribution in [2.24, 2.45) is 5.92 Å². The molecule has 1 aromatic heterocycles. The smallest absolute Gasteiger partial charge is 0.336 e. The molecule has 1 aliphatic carbocycles. The van der Waals surface area contributed by atoms with Crippen LogP contribution in [0, 0.1) is 5.92 Å². The van der Waals surface area contributed by atoms with Crippen LogP contribution in [-0.2, 0) is 33.8 Å². The summed E-state index contributed by atoms with van der Waals surface area (Å²) >= 11 is 1.66. The predicted octanol–water partition coefficient (Wildman–Crippen LogP) is 3.59. The van der Waals surface area contributed by atoms with Crippen LogP contribution in [0.3, 0.4) is 0 Å². The van der Waals surface area contributed by atoms with Gasteiger partial charge in [-0.25, -0.2) is 13.9 Å². The largest absolute Gasteiger partial charge is 0.463 e. The van der Waals surface area contributed by atoms with E-state index in [4.69, 9.17) is 4.74 Å². The lowest BCUT2D eigenvalue weighted by molar-refractivity contribution is -0.690. The number of nitrogens with one attached hydrogen (secondary N) is 1. The second-order valence-electron chi connectivity index (χ2n) is 8.74. The maximum absolute atomic E-state index is 13.1. The van der Waals surface area contributed by atoms with Crippen LogP contribution in [0.5, 0.6) is 0 Å². The summed E-state index contributed by atoms with van der Waals surface area (Å²) in [5.74, 6) is 1.02. The van der Waals surface area contributed by atoms with Gasteiger partial charge in [0, 0.05) is 16.7 Å². The molecular formula is C25H30N3O3S+. The fourth-order valence-electron chi connectivity index (χ4n) is 5.31. The Kier molecular flexibility index (Phi) is 6.09. The van der Waals surface area contributed by atoms with Crippen molar-refractivity contribution >= 4 is 23.6 Å². The number of carbonyl (C=O) groups excluding carboxylic acids is 2. The van der Waals surface area contributed by atoms with E-state index >= 15 is 0 Å². The fourth-order valence-corrected chi connectivity index (χ4v) is 6.87. The molecule has 1 saturated carbocycles. The Morgan fingerprint density at radius 1 is 1.19 bits per heavy atom. The molecule has 0 radical (unpaired) electrons. The monoisotopic (exact) mass is 452 g/mol. The van der Waals surface area contributed by atoms with Gasteiger partial charge in [-0.05, 0) is 26.2 Å². The number of amides is 1. The van der Waals surface area contributed by atoms with E-state index in [0.717, 1.165) is 49.9 Å². The van der Waals surface area contributed by atoms with Gasteiger partial charge in [0.05, 0.1) is 30.2 Å². The first-order valence-electron chi connectivity index (χ1n) is 11.7. The summed E-state index contributed by atoms with van der Waals surface area (Å²) in [5, 5.41) is 4.17. The van der Waals surface area contributed by atoms with Crippen LogP contribution in [0.25, 0.3) is 11.3 Å². The van der Waals surface area contributed by atoms with E-state index in [9.17, 15) is 9.59 Å². The molecule has 1 fully saturated rings. The number of aromatic nitrogens is 2. The predicted molar refractivity (Wildman–Crippen MR) is 124 cm³/mol. The summed E-state index contributed by atoms with van der Waals surface area (Å²) in [6.45, 7) is 3.40. The van der Waals surface area contributed by atoms with Crippen molar-refractivity contribution < 1.29 is 18.9 Å². The fraction of sp³-hybridized carbons (Fsp3) is 0.480. The average Bonchev–Trinajstić information content (AvgIpc) is 3.49. The molecule has 1 amide bonds. The number of imidazole rings is 1. The molecule has 0 saturated heterocycles. The summed E-state index contributed by atoms with van der Waals surface area (Å²) in [5.41, 5.74) is 3.00. The minimum atomic E-state index is -0.270. The lowest BCUT2D eigenvalue weighted by Crippen LogP contribution is -2.44. The summed E-state index contributed by atoms with van der Waals surface area (Å²) in [4.78, 5) is 25.8. The number of esters is 1. The third-order valence-electron chi connectivity index (χ3n) is 6.71. The number of benzene rings is 1. The van der Waals surface area contributed by atoms with Gasteiger partial charge in [0.25, 0.3) is 11.7 Å². The molecule has 6 nitrogen and oxygen atoms in total. The third kappa shape index (κ3) is 3.98. The molecule has 0 spiro atoms. The van der Waals surface area contributed by atoms with Gasteiger partial charge in [-0.3, -0.25) is 4.79 Å². The van der Waals surface area contributed by atoms with Gasteiger partial charge in [0.2, 0.25) is 0 Å². The molecule has 2 atom stereocenters. The van der Waals surface area contributed by atoms with Crippen LogP contribution in [0.1, 0.15) is 44.9 Å². The van der Waals surface area contributed by atoms with E-state index in [1.54, 1.807) is 11.8 Å². The summed E-state index contributed by atoms with van der Waals surface area (Å²) < 4.78 is 9.74. The molecule has 5 rings (SSSR count). The number of hydrogen-bond acceptors (Lipinski definition) is 4. The van der Waals surface area contributed by atoms with E-state index in [1.165, 1.54) is 12.2 Å². The van der Waals surface area contributed by atoms with E-state index < -0.39 is 0 Å². The number of nitrogens with zero attached hydrogens (tertiary/aromatic N) is 2. The highest BCUT2D eigenvalue weighted by atomic mass is 32.2. The Morgan fingerprint density at radius 2 is 2.00 bits per heavy atom. The average molecular weight is 453 g/mol. The van der Waals surface area contributed by atoms with Crippen molar-refractivity contribution in [2.45, 2.75) is 63.8 Å². The number of carbonyl (C=O) groups is 2. The van der Waals surface area contributed by atoms with Gasteiger partial charge >= 0.3 is 5.97 Å².